The Bertz CT molecular complexity index is 962. The molecule has 1 amide bonds. The molecule has 1 heterocycles. The molecular formula is C23H27N3O2. The topological polar surface area (TPSA) is 56.1 Å². The highest BCUT2D eigenvalue weighted by atomic mass is 16.5. The van der Waals surface area contributed by atoms with Gasteiger partial charge in [-0.15, -0.1) is 0 Å². The van der Waals surface area contributed by atoms with Crippen LogP contribution in [0.4, 0.5) is 0 Å². The van der Waals surface area contributed by atoms with Crippen molar-refractivity contribution in [1.82, 2.24) is 14.9 Å². The first-order valence-corrected chi connectivity index (χ1v) is 9.59. The molecule has 0 unspecified atom stereocenters. The molecule has 5 nitrogen and oxygen atoms in total. The first kappa shape index (κ1) is 19.7. The van der Waals surface area contributed by atoms with Crippen molar-refractivity contribution in [2.75, 3.05) is 0 Å². The maximum absolute atomic E-state index is 12.8. The van der Waals surface area contributed by atoms with Gasteiger partial charge in [0.1, 0.15) is 11.6 Å². The Hall–Kier alpha value is -3.08. The number of aryl methyl sites for hydroxylation is 3. The summed E-state index contributed by atoms with van der Waals surface area (Å²) in [6.45, 7) is 8.35. The lowest BCUT2D eigenvalue weighted by atomic mass is 10.1. The first-order chi connectivity index (χ1) is 13.5. The molecule has 2 aromatic carbocycles. The van der Waals surface area contributed by atoms with Crippen molar-refractivity contribution < 1.29 is 9.53 Å². The molecule has 5 heteroatoms. The van der Waals surface area contributed by atoms with Crippen molar-refractivity contribution >= 4 is 5.91 Å². The van der Waals surface area contributed by atoms with Gasteiger partial charge >= 0.3 is 0 Å². The summed E-state index contributed by atoms with van der Waals surface area (Å²) in [5.41, 5.74) is 4.18. The number of nitrogens with zero attached hydrogens (tertiary/aromatic N) is 2. The van der Waals surface area contributed by atoms with E-state index in [1.807, 2.05) is 80.9 Å². The van der Waals surface area contributed by atoms with E-state index in [4.69, 9.17) is 4.74 Å². The Morgan fingerprint density at radius 2 is 1.96 bits per heavy atom. The van der Waals surface area contributed by atoms with Crippen molar-refractivity contribution in [3.8, 4) is 11.4 Å². The van der Waals surface area contributed by atoms with Crippen LogP contribution in [0, 0.1) is 20.8 Å². The van der Waals surface area contributed by atoms with Gasteiger partial charge in [0.25, 0.3) is 5.91 Å². The van der Waals surface area contributed by atoms with E-state index >= 15 is 0 Å². The predicted octanol–water partition coefficient (Wildman–Crippen LogP) is 4.27. The zero-order valence-electron chi connectivity index (χ0n) is 16.9. The number of hydrogen-bond acceptors (Lipinski definition) is 3. The van der Waals surface area contributed by atoms with Crippen LogP contribution in [0.3, 0.4) is 0 Å². The fourth-order valence-corrected chi connectivity index (χ4v) is 3.13. The van der Waals surface area contributed by atoms with Crippen molar-refractivity contribution in [1.29, 1.82) is 0 Å². The average Bonchev–Trinajstić information content (AvgIpc) is 3.12. The third-order valence-electron chi connectivity index (χ3n) is 4.81. The molecule has 28 heavy (non-hydrogen) atoms. The van der Waals surface area contributed by atoms with E-state index in [-0.39, 0.29) is 5.91 Å². The largest absolute Gasteiger partial charge is 0.480 e. The first-order valence-electron chi connectivity index (χ1n) is 9.59. The highest BCUT2D eigenvalue weighted by molar-refractivity contribution is 5.81. The van der Waals surface area contributed by atoms with Crippen molar-refractivity contribution in [3.05, 3.63) is 77.4 Å². The van der Waals surface area contributed by atoms with Gasteiger partial charge in [-0.2, -0.15) is 0 Å². The summed E-state index contributed by atoms with van der Waals surface area (Å²) in [4.78, 5) is 17.0. The van der Waals surface area contributed by atoms with Crippen LogP contribution in [0.2, 0.25) is 0 Å². The summed E-state index contributed by atoms with van der Waals surface area (Å²) < 4.78 is 8.04. The maximum Gasteiger partial charge on any atom is 0.261 e. The van der Waals surface area contributed by atoms with E-state index in [2.05, 4.69) is 10.3 Å². The van der Waals surface area contributed by atoms with Gasteiger partial charge in [-0.25, -0.2) is 4.98 Å². The van der Waals surface area contributed by atoms with Gasteiger partial charge in [0.05, 0.1) is 5.69 Å². The minimum Gasteiger partial charge on any atom is -0.480 e. The summed E-state index contributed by atoms with van der Waals surface area (Å²) >= 11 is 0. The van der Waals surface area contributed by atoms with E-state index in [1.165, 1.54) is 0 Å². The number of para-hydroxylation sites is 1. The van der Waals surface area contributed by atoms with Gasteiger partial charge < -0.3 is 14.6 Å². The zero-order valence-corrected chi connectivity index (χ0v) is 16.9. The molecule has 0 bridgehead atoms. The highest BCUT2D eigenvalue weighted by Crippen LogP contribution is 2.21. The molecule has 0 radical (unpaired) electrons. The third kappa shape index (κ3) is 4.42. The average molecular weight is 377 g/mol. The molecule has 3 rings (SSSR count). The normalized spacial score (nSPS) is 11.9. The van der Waals surface area contributed by atoms with Crippen LogP contribution >= 0.6 is 0 Å². The van der Waals surface area contributed by atoms with Crippen LogP contribution < -0.4 is 10.1 Å². The van der Waals surface area contributed by atoms with Crippen molar-refractivity contribution in [3.63, 3.8) is 0 Å². The van der Waals surface area contributed by atoms with Gasteiger partial charge in [-0.05, 0) is 56.0 Å². The van der Waals surface area contributed by atoms with E-state index in [0.717, 1.165) is 34.0 Å². The maximum atomic E-state index is 12.8. The fourth-order valence-electron chi connectivity index (χ4n) is 3.13. The van der Waals surface area contributed by atoms with Gasteiger partial charge in [-0.1, -0.05) is 37.3 Å². The number of amides is 1. The SMILES string of the molecule is CC[C@@H](Oc1cc(C)ccc1C)C(=O)NCc1ccccc1-n1ccnc1C. The molecule has 0 saturated carbocycles. The van der Waals surface area contributed by atoms with Gasteiger partial charge in [0.15, 0.2) is 6.10 Å². The number of carbonyl (C=O) groups excluding carboxylic acids is 1. The predicted molar refractivity (Wildman–Crippen MR) is 111 cm³/mol. The third-order valence-corrected chi connectivity index (χ3v) is 4.81. The summed E-state index contributed by atoms with van der Waals surface area (Å²) in [5.74, 6) is 1.56. The number of ether oxygens (including phenoxy) is 1. The highest BCUT2D eigenvalue weighted by Gasteiger charge is 2.19. The van der Waals surface area contributed by atoms with Crippen LogP contribution in [0.25, 0.3) is 5.69 Å². The van der Waals surface area contributed by atoms with Crippen LogP contribution in [0.5, 0.6) is 5.75 Å². The molecule has 0 spiro atoms. The number of benzene rings is 2. The number of aromatic nitrogens is 2. The molecule has 1 aromatic heterocycles. The molecule has 0 fully saturated rings. The number of hydrogen-bond donors (Lipinski definition) is 1. The lowest BCUT2D eigenvalue weighted by Gasteiger charge is -2.20. The Morgan fingerprint density at radius 1 is 1.18 bits per heavy atom. The van der Waals surface area contributed by atoms with Gasteiger partial charge in [0.2, 0.25) is 0 Å². The lowest BCUT2D eigenvalue weighted by molar-refractivity contribution is -0.128. The molecule has 0 aliphatic heterocycles. The molecular weight excluding hydrogens is 350 g/mol. The van der Waals surface area contributed by atoms with Crippen LogP contribution in [0.15, 0.2) is 54.9 Å². The van der Waals surface area contributed by atoms with E-state index in [0.29, 0.717) is 13.0 Å². The molecule has 146 valence electrons. The van der Waals surface area contributed by atoms with Crippen LogP contribution in [-0.4, -0.2) is 21.6 Å². The van der Waals surface area contributed by atoms with Crippen LogP contribution in [-0.2, 0) is 11.3 Å². The van der Waals surface area contributed by atoms with E-state index in [1.54, 1.807) is 6.20 Å². The number of carbonyl (C=O) groups is 1. The second-order valence-electron chi connectivity index (χ2n) is 6.97. The zero-order chi connectivity index (χ0) is 20.1. The number of nitrogens with one attached hydrogen (secondary N) is 1. The Kier molecular flexibility index (Phi) is 6.14. The van der Waals surface area contributed by atoms with E-state index < -0.39 is 6.10 Å². The minimum atomic E-state index is -0.525. The summed E-state index contributed by atoms with van der Waals surface area (Å²) in [7, 11) is 0. The molecule has 3 aromatic rings. The molecule has 0 aliphatic carbocycles. The smallest absolute Gasteiger partial charge is 0.261 e. The van der Waals surface area contributed by atoms with Crippen LogP contribution in [0.1, 0.15) is 35.9 Å². The standard InChI is InChI=1S/C23H27N3O2/c1-5-21(28-22-14-16(2)10-11-17(22)3)23(27)25-15-19-8-6-7-9-20(19)26-13-12-24-18(26)4/h6-14,21H,5,15H2,1-4H3,(H,25,27)/t21-/m1/s1. The van der Waals surface area contributed by atoms with Crippen molar-refractivity contribution in [2.45, 2.75) is 46.8 Å². The quantitative estimate of drug-likeness (QED) is 0.669. The summed E-state index contributed by atoms with van der Waals surface area (Å²) in [6, 6.07) is 14.0. The second-order valence-corrected chi connectivity index (χ2v) is 6.97. The molecule has 0 saturated heterocycles. The number of imidazole rings is 1. The molecule has 1 atom stereocenters. The number of rotatable bonds is 7. The summed E-state index contributed by atoms with van der Waals surface area (Å²) in [5, 5.41) is 3.03. The van der Waals surface area contributed by atoms with E-state index in [9.17, 15) is 4.79 Å². The Balaban J connectivity index is 1.71. The van der Waals surface area contributed by atoms with Gasteiger partial charge in [-0.3, -0.25) is 4.79 Å². The Labute approximate surface area is 166 Å². The minimum absolute atomic E-state index is 0.111. The van der Waals surface area contributed by atoms with Crippen molar-refractivity contribution in [2.24, 2.45) is 0 Å². The molecule has 0 aliphatic rings. The Morgan fingerprint density at radius 3 is 2.68 bits per heavy atom. The fraction of sp³-hybridized carbons (Fsp3) is 0.304. The van der Waals surface area contributed by atoms with Gasteiger partial charge in [0, 0.05) is 18.9 Å². The second kappa shape index (κ2) is 8.74. The lowest BCUT2D eigenvalue weighted by Crippen LogP contribution is -2.37. The monoisotopic (exact) mass is 377 g/mol. The summed E-state index contributed by atoms with van der Waals surface area (Å²) in [6.07, 6.45) is 3.77. The molecule has 1 N–H and O–H groups in total.